The van der Waals surface area contributed by atoms with Gasteiger partial charge in [0.15, 0.2) is 0 Å². The molecule has 1 N–H and O–H groups in total. The summed E-state index contributed by atoms with van der Waals surface area (Å²) in [5, 5.41) is 9.83. The highest BCUT2D eigenvalue weighted by Crippen LogP contribution is 2.42. The molecule has 0 spiro atoms. The maximum atomic E-state index is 11.9. The summed E-state index contributed by atoms with van der Waals surface area (Å²) in [5.74, 6) is -0.609. The van der Waals surface area contributed by atoms with Crippen LogP contribution in [0, 0.1) is 5.41 Å². The molecule has 3 rings (SSSR count). The number of piperidine rings is 2. The lowest BCUT2D eigenvalue weighted by Crippen LogP contribution is -2.62. The molecule has 124 valence electrons. The van der Waals surface area contributed by atoms with Crippen molar-refractivity contribution in [1.29, 1.82) is 0 Å². The lowest BCUT2D eigenvalue weighted by atomic mass is 9.68. The van der Waals surface area contributed by atoms with Crippen LogP contribution < -0.4 is 0 Å². The van der Waals surface area contributed by atoms with Crippen LogP contribution in [-0.2, 0) is 11.3 Å². The molecule has 2 heterocycles. The minimum Gasteiger partial charge on any atom is -0.481 e. The van der Waals surface area contributed by atoms with Crippen LogP contribution in [0.4, 0.5) is 0 Å². The van der Waals surface area contributed by atoms with Crippen molar-refractivity contribution in [3.8, 4) is 0 Å². The number of benzene rings is 1. The molecular weight excluding hydrogens is 288 g/mol. The average Bonchev–Trinajstić information content (AvgIpc) is 2.55. The Labute approximate surface area is 138 Å². The predicted octanol–water partition coefficient (Wildman–Crippen LogP) is 2.70. The van der Waals surface area contributed by atoms with Crippen molar-refractivity contribution < 1.29 is 9.90 Å². The quantitative estimate of drug-likeness (QED) is 0.928. The third-order valence-electron chi connectivity index (χ3n) is 5.63. The number of carboxylic acids is 1. The third kappa shape index (κ3) is 3.06. The lowest BCUT2D eigenvalue weighted by Gasteiger charge is -2.51. The summed E-state index contributed by atoms with van der Waals surface area (Å²) in [7, 11) is 2.07. The van der Waals surface area contributed by atoms with E-state index in [1.165, 1.54) is 5.56 Å². The van der Waals surface area contributed by atoms with Gasteiger partial charge in [-0.1, -0.05) is 36.9 Å². The first-order valence-corrected chi connectivity index (χ1v) is 8.42. The van der Waals surface area contributed by atoms with Crippen molar-refractivity contribution in [2.45, 2.75) is 31.8 Å². The number of likely N-dealkylation sites (tertiary alicyclic amines) is 2. The molecule has 1 aromatic carbocycles. The SMILES string of the molecule is C=Cc1cccc(CN2CC[C@@]3(C(=O)O)CCCN(C)[C@@H]3C2)c1. The van der Waals surface area contributed by atoms with Gasteiger partial charge >= 0.3 is 5.97 Å². The molecule has 0 aliphatic carbocycles. The topological polar surface area (TPSA) is 43.8 Å². The second-order valence-corrected chi connectivity index (χ2v) is 7.00. The van der Waals surface area contributed by atoms with Crippen LogP contribution in [0.1, 0.15) is 30.4 Å². The molecule has 1 aromatic rings. The van der Waals surface area contributed by atoms with Gasteiger partial charge in [0, 0.05) is 19.1 Å². The van der Waals surface area contributed by atoms with E-state index in [0.717, 1.165) is 51.0 Å². The molecule has 4 nitrogen and oxygen atoms in total. The fraction of sp³-hybridized carbons (Fsp3) is 0.526. The summed E-state index contributed by atoms with van der Waals surface area (Å²) < 4.78 is 0. The van der Waals surface area contributed by atoms with Crippen LogP contribution in [-0.4, -0.2) is 53.6 Å². The Hall–Kier alpha value is -1.65. The third-order valence-corrected chi connectivity index (χ3v) is 5.63. The molecule has 2 aliphatic heterocycles. The molecule has 0 radical (unpaired) electrons. The lowest BCUT2D eigenvalue weighted by molar-refractivity contribution is -0.162. The highest BCUT2D eigenvalue weighted by molar-refractivity contribution is 5.76. The van der Waals surface area contributed by atoms with E-state index in [1.807, 2.05) is 6.08 Å². The summed E-state index contributed by atoms with van der Waals surface area (Å²) in [5.41, 5.74) is 1.85. The van der Waals surface area contributed by atoms with Gasteiger partial charge in [-0.15, -0.1) is 0 Å². The highest BCUT2D eigenvalue weighted by atomic mass is 16.4. The number of rotatable bonds is 4. The summed E-state index contributed by atoms with van der Waals surface area (Å²) in [6, 6.07) is 8.53. The Bertz CT molecular complexity index is 601. The number of hydrogen-bond donors (Lipinski definition) is 1. The molecule has 23 heavy (non-hydrogen) atoms. The molecule has 0 unspecified atom stereocenters. The first-order valence-electron chi connectivity index (χ1n) is 8.42. The van der Waals surface area contributed by atoms with Gasteiger partial charge in [0.1, 0.15) is 0 Å². The number of hydrogen-bond acceptors (Lipinski definition) is 3. The number of carboxylic acid groups (broad SMARTS) is 1. The monoisotopic (exact) mass is 314 g/mol. The van der Waals surface area contributed by atoms with E-state index >= 15 is 0 Å². The van der Waals surface area contributed by atoms with E-state index in [2.05, 4.69) is 47.7 Å². The van der Waals surface area contributed by atoms with Crippen molar-refractivity contribution in [3.63, 3.8) is 0 Å². The van der Waals surface area contributed by atoms with Gasteiger partial charge in [0.05, 0.1) is 5.41 Å². The summed E-state index contributed by atoms with van der Waals surface area (Å²) in [4.78, 5) is 16.6. The van der Waals surface area contributed by atoms with Crippen LogP contribution in [0.15, 0.2) is 30.8 Å². The molecule has 2 saturated heterocycles. The molecule has 2 atom stereocenters. The van der Waals surface area contributed by atoms with Crippen molar-refractivity contribution in [2.24, 2.45) is 5.41 Å². The molecular formula is C19H26N2O2. The van der Waals surface area contributed by atoms with Crippen molar-refractivity contribution in [1.82, 2.24) is 9.80 Å². The van der Waals surface area contributed by atoms with Crippen LogP contribution in [0.5, 0.6) is 0 Å². The molecule has 0 saturated carbocycles. The standard InChI is InChI=1S/C19H26N2O2/c1-3-15-6-4-7-16(12-15)13-21-11-9-19(18(22)23)8-5-10-20(2)17(19)14-21/h3-4,6-7,12,17H,1,5,8-11,13-14H2,2H3,(H,22,23)/t17-,19+/m1/s1. The normalized spacial score (nSPS) is 29.0. The van der Waals surface area contributed by atoms with E-state index < -0.39 is 11.4 Å². The van der Waals surface area contributed by atoms with Crippen molar-refractivity contribution in [3.05, 3.63) is 42.0 Å². The van der Waals surface area contributed by atoms with Crippen LogP contribution in [0.25, 0.3) is 6.08 Å². The van der Waals surface area contributed by atoms with Gasteiger partial charge in [0.2, 0.25) is 0 Å². The fourth-order valence-electron chi connectivity index (χ4n) is 4.26. The summed E-state index contributed by atoms with van der Waals surface area (Å²) in [6.45, 7) is 7.39. The summed E-state index contributed by atoms with van der Waals surface area (Å²) >= 11 is 0. The Morgan fingerprint density at radius 3 is 3.00 bits per heavy atom. The van der Waals surface area contributed by atoms with Crippen LogP contribution in [0.3, 0.4) is 0 Å². The molecule has 4 heteroatoms. The Balaban J connectivity index is 1.75. The van der Waals surface area contributed by atoms with Gasteiger partial charge in [-0.05, 0) is 50.5 Å². The van der Waals surface area contributed by atoms with Crippen LogP contribution in [0.2, 0.25) is 0 Å². The molecule has 0 aromatic heterocycles. The molecule has 2 fully saturated rings. The van der Waals surface area contributed by atoms with Gasteiger partial charge in [-0.25, -0.2) is 0 Å². The number of fused-ring (bicyclic) bond motifs is 1. The first kappa shape index (κ1) is 16.2. The number of carbonyl (C=O) groups is 1. The fourth-order valence-corrected chi connectivity index (χ4v) is 4.26. The van der Waals surface area contributed by atoms with E-state index in [4.69, 9.17) is 0 Å². The van der Waals surface area contributed by atoms with Crippen molar-refractivity contribution in [2.75, 3.05) is 26.7 Å². The summed E-state index contributed by atoms with van der Waals surface area (Å²) in [6.07, 6.45) is 4.42. The zero-order valence-electron chi connectivity index (χ0n) is 13.9. The second-order valence-electron chi connectivity index (χ2n) is 7.00. The molecule has 0 bridgehead atoms. The Morgan fingerprint density at radius 1 is 1.43 bits per heavy atom. The second kappa shape index (κ2) is 6.46. The van der Waals surface area contributed by atoms with Crippen molar-refractivity contribution >= 4 is 12.0 Å². The molecule has 2 aliphatic rings. The Morgan fingerprint density at radius 2 is 2.26 bits per heavy atom. The minimum absolute atomic E-state index is 0.116. The largest absolute Gasteiger partial charge is 0.481 e. The van der Waals surface area contributed by atoms with Gasteiger partial charge < -0.3 is 10.0 Å². The van der Waals surface area contributed by atoms with E-state index in [1.54, 1.807) is 0 Å². The van der Waals surface area contributed by atoms with Gasteiger partial charge in [0.25, 0.3) is 0 Å². The number of likely N-dealkylation sites (N-methyl/N-ethyl adjacent to an activating group) is 1. The number of aliphatic carboxylic acids is 1. The molecule has 0 amide bonds. The van der Waals surface area contributed by atoms with E-state index in [9.17, 15) is 9.90 Å². The van der Waals surface area contributed by atoms with Gasteiger partial charge in [-0.3, -0.25) is 9.69 Å². The van der Waals surface area contributed by atoms with E-state index in [0.29, 0.717) is 0 Å². The predicted molar refractivity (Wildman–Crippen MR) is 92.1 cm³/mol. The Kier molecular flexibility index (Phi) is 4.55. The average molecular weight is 314 g/mol. The van der Waals surface area contributed by atoms with Gasteiger partial charge in [-0.2, -0.15) is 0 Å². The zero-order valence-corrected chi connectivity index (χ0v) is 13.9. The first-order chi connectivity index (χ1) is 11.0. The maximum absolute atomic E-state index is 11.9. The smallest absolute Gasteiger partial charge is 0.311 e. The van der Waals surface area contributed by atoms with E-state index in [-0.39, 0.29) is 6.04 Å². The highest BCUT2D eigenvalue weighted by Gasteiger charge is 2.52. The minimum atomic E-state index is -0.609. The van der Waals surface area contributed by atoms with Crippen LogP contribution >= 0.6 is 0 Å². The zero-order chi connectivity index (χ0) is 16.4. The number of nitrogens with zero attached hydrogens (tertiary/aromatic N) is 2. The maximum Gasteiger partial charge on any atom is 0.311 e.